The van der Waals surface area contributed by atoms with Crippen molar-refractivity contribution < 1.29 is 9.53 Å². The summed E-state index contributed by atoms with van der Waals surface area (Å²) in [7, 11) is 0. The summed E-state index contributed by atoms with van der Waals surface area (Å²) < 4.78 is 5.57. The van der Waals surface area contributed by atoms with Crippen molar-refractivity contribution in [2.45, 2.75) is 6.92 Å². The maximum Gasteiger partial charge on any atom is 0.271 e. The van der Waals surface area contributed by atoms with Crippen LogP contribution in [0.2, 0.25) is 10.0 Å². The van der Waals surface area contributed by atoms with Gasteiger partial charge in [0.1, 0.15) is 5.75 Å². The second-order valence-electron chi connectivity index (χ2n) is 6.60. The molecule has 0 spiro atoms. The molecular formula is C24H18Cl2N2O2S. The van der Waals surface area contributed by atoms with Gasteiger partial charge in [0.05, 0.1) is 22.9 Å². The van der Waals surface area contributed by atoms with Gasteiger partial charge in [-0.2, -0.15) is 0 Å². The number of carbonyl (C=O) groups excluding carboxylic acids is 1. The summed E-state index contributed by atoms with van der Waals surface area (Å²) in [6, 6.07) is 21.9. The molecule has 3 aromatic carbocycles. The second kappa shape index (κ2) is 9.60. The third-order valence-electron chi connectivity index (χ3n) is 4.41. The van der Waals surface area contributed by atoms with E-state index in [4.69, 9.17) is 32.9 Å². The molecule has 0 unspecified atom stereocenters. The first-order chi connectivity index (χ1) is 15.0. The molecule has 4 rings (SSSR count). The minimum atomic E-state index is -0.151. The number of thioether (sulfide) groups is 1. The van der Waals surface area contributed by atoms with Crippen LogP contribution in [0.15, 0.2) is 82.7 Å². The highest BCUT2D eigenvalue weighted by Gasteiger charge is 2.34. The molecule has 1 amide bonds. The Morgan fingerprint density at radius 3 is 2.35 bits per heavy atom. The molecule has 31 heavy (non-hydrogen) atoms. The lowest BCUT2D eigenvalue weighted by atomic mass is 10.2. The zero-order chi connectivity index (χ0) is 21.8. The van der Waals surface area contributed by atoms with Gasteiger partial charge in [-0.3, -0.25) is 9.69 Å². The Bertz CT molecular complexity index is 1160. The fourth-order valence-corrected chi connectivity index (χ4v) is 4.26. The smallest absolute Gasteiger partial charge is 0.271 e. The van der Waals surface area contributed by atoms with Gasteiger partial charge in [0.25, 0.3) is 5.91 Å². The molecule has 0 atom stereocenters. The van der Waals surface area contributed by atoms with E-state index in [-0.39, 0.29) is 5.91 Å². The number of ether oxygens (including phenoxy) is 1. The van der Waals surface area contributed by atoms with Gasteiger partial charge in [-0.05, 0) is 91.0 Å². The number of hydrogen-bond donors (Lipinski definition) is 0. The van der Waals surface area contributed by atoms with Gasteiger partial charge in [-0.25, -0.2) is 4.99 Å². The van der Waals surface area contributed by atoms with Crippen molar-refractivity contribution in [2.24, 2.45) is 4.99 Å². The van der Waals surface area contributed by atoms with Crippen LogP contribution in [-0.2, 0) is 4.79 Å². The first kappa shape index (κ1) is 21.5. The molecule has 4 nitrogen and oxygen atoms in total. The number of hydrogen-bond acceptors (Lipinski definition) is 4. The van der Waals surface area contributed by atoms with Crippen molar-refractivity contribution in [3.05, 3.63) is 93.3 Å². The van der Waals surface area contributed by atoms with E-state index in [2.05, 4.69) is 0 Å². The number of aliphatic imine (C=N–C) groups is 1. The zero-order valence-corrected chi connectivity index (χ0v) is 18.9. The van der Waals surface area contributed by atoms with Gasteiger partial charge >= 0.3 is 0 Å². The van der Waals surface area contributed by atoms with Crippen molar-refractivity contribution in [1.82, 2.24) is 0 Å². The molecule has 0 saturated carbocycles. The second-order valence-corrected chi connectivity index (χ2v) is 8.49. The highest BCUT2D eigenvalue weighted by molar-refractivity contribution is 8.19. The van der Waals surface area contributed by atoms with Crippen LogP contribution in [-0.4, -0.2) is 17.7 Å². The number of amides is 1. The number of amidine groups is 1. The number of carbonyl (C=O) groups is 1. The molecule has 1 heterocycles. The van der Waals surface area contributed by atoms with Gasteiger partial charge in [0.2, 0.25) is 0 Å². The monoisotopic (exact) mass is 468 g/mol. The lowest BCUT2D eigenvalue weighted by Gasteiger charge is -2.15. The van der Waals surface area contributed by atoms with Crippen molar-refractivity contribution in [1.29, 1.82) is 0 Å². The van der Waals surface area contributed by atoms with Crippen LogP contribution < -0.4 is 9.64 Å². The molecule has 3 aromatic rings. The molecule has 1 fully saturated rings. The molecule has 0 aliphatic carbocycles. The molecular weight excluding hydrogens is 451 g/mol. The number of anilines is 1. The Balaban J connectivity index is 1.74. The van der Waals surface area contributed by atoms with E-state index in [1.807, 2.05) is 49.4 Å². The number of benzene rings is 3. The lowest BCUT2D eigenvalue weighted by Crippen LogP contribution is -2.28. The van der Waals surface area contributed by atoms with Crippen LogP contribution in [0.3, 0.4) is 0 Å². The fourth-order valence-electron chi connectivity index (χ4n) is 3.00. The van der Waals surface area contributed by atoms with Gasteiger partial charge in [-0.1, -0.05) is 35.3 Å². The average Bonchev–Trinajstić information content (AvgIpc) is 3.06. The maximum absolute atomic E-state index is 13.3. The summed E-state index contributed by atoms with van der Waals surface area (Å²) in [6.45, 7) is 2.51. The molecule has 0 aromatic heterocycles. The Hall–Kier alpha value is -2.73. The van der Waals surface area contributed by atoms with Crippen molar-refractivity contribution in [3.63, 3.8) is 0 Å². The van der Waals surface area contributed by atoms with Crippen LogP contribution >= 0.6 is 35.0 Å². The fraction of sp³-hybridized carbons (Fsp3) is 0.0833. The van der Waals surface area contributed by atoms with Gasteiger partial charge < -0.3 is 4.74 Å². The van der Waals surface area contributed by atoms with E-state index < -0.39 is 0 Å². The zero-order valence-electron chi connectivity index (χ0n) is 16.6. The van der Waals surface area contributed by atoms with Crippen LogP contribution in [0.1, 0.15) is 12.5 Å². The van der Waals surface area contributed by atoms with Crippen LogP contribution in [0, 0.1) is 0 Å². The van der Waals surface area contributed by atoms with Crippen molar-refractivity contribution in [3.8, 4) is 5.75 Å². The predicted molar refractivity (Wildman–Crippen MR) is 131 cm³/mol. The van der Waals surface area contributed by atoms with E-state index >= 15 is 0 Å². The highest BCUT2D eigenvalue weighted by Crippen LogP contribution is 2.38. The topological polar surface area (TPSA) is 41.9 Å². The number of rotatable bonds is 5. The van der Waals surface area contributed by atoms with Crippen LogP contribution in [0.5, 0.6) is 5.75 Å². The van der Waals surface area contributed by atoms with E-state index in [0.717, 1.165) is 11.3 Å². The van der Waals surface area contributed by atoms with Crippen molar-refractivity contribution >= 4 is 63.5 Å². The molecule has 1 aliphatic heterocycles. The standard InChI is InChI=1S/C24H18Cl2N2O2S/c1-2-30-21-5-3-4-16(14-21)15-22-23(29)28(20-12-8-18(26)9-13-20)24(31-22)27-19-10-6-17(25)7-11-19/h3-15H,2H2,1H3/b22-15-,27-24?. The Labute approximate surface area is 195 Å². The normalized spacial score (nSPS) is 16.4. The molecule has 1 aliphatic rings. The third-order valence-corrected chi connectivity index (χ3v) is 5.88. The van der Waals surface area contributed by atoms with E-state index in [0.29, 0.717) is 38.1 Å². The van der Waals surface area contributed by atoms with Crippen molar-refractivity contribution in [2.75, 3.05) is 11.5 Å². The summed E-state index contributed by atoms with van der Waals surface area (Å²) in [5.41, 5.74) is 2.28. The summed E-state index contributed by atoms with van der Waals surface area (Å²) in [5.74, 6) is 0.610. The van der Waals surface area contributed by atoms with Crippen LogP contribution in [0.4, 0.5) is 11.4 Å². The van der Waals surface area contributed by atoms with Crippen LogP contribution in [0.25, 0.3) is 6.08 Å². The highest BCUT2D eigenvalue weighted by atomic mass is 35.5. The molecule has 0 N–H and O–H groups in total. The summed E-state index contributed by atoms with van der Waals surface area (Å²) in [4.78, 5) is 20.2. The third kappa shape index (κ3) is 5.13. The first-order valence-corrected chi connectivity index (χ1v) is 11.2. The minimum absolute atomic E-state index is 0.151. The Morgan fingerprint density at radius 2 is 1.68 bits per heavy atom. The summed E-state index contributed by atoms with van der Waals surface area (Å²) >= 11 is 13.3. The van der Waals surface area contributed by atoms with E-state index in [1.54, 1.807) is 41.3 Å². The number of halogens is 2. The summed E-state index contributed by atoms with van der Waals surface area (Å²) in [5, 5.41) is 1.79. The molecule has 0 bridgehead atoms. The van der Waals surface area contributed by atoms with Gasteiger partial charge in [0, 0.05) is 10.0 Å². The Kier molecular flexibility index (Phi) is 6.66. The van der Waals surface area contributed by atoms with Gasteiger partial charge in [-0.15, -0.1) is 0 Å². The molecule has 7 heteroatoms. The molecule has 0 radical (unpaired) electrons. The number of nitrogens with zero attached hydrogens (tertiary/aromatic N) is 2. The minimum Gasteiger partial charge on any atom is -0.494 e. The largest absolute Gasteiger partial charge is 0.494 e. The van der Waals surface area contributed by atoms with E-state index in [1.165, 1.54) is 11.8 Å². The lowest BCUT2D eigenvalue weighted by molar-refractivity contribution is -0.113. The maximum atomic E-state index is 13.3. The van der Waals surface area contributed by atoms with E-state index in [9.17, 15) is 4.79 Å². The first-order valence-electron chi connectivity index (χ1n) is 9.60. The summed E-state index contributed by atoms with van der Waals surface area (Å²) in [6.07, 6.45) is 1.85. The SMILES string of the molecule is CCOc1cccc(/C=C2\SC(=Nc3ccc(Cl)cc3)N(c3ccc(Cl)cc3)C2=O)c1. The quantitative estimate of drug-likeness (QED) is 0.371. The average molecular weight is 469 g/mol. The predicted octanol–water partition coefficient (Wildman–Crippen LogP) is 7.20. The molecule has 1 saturated heterocycles. The van der Waals surface area contributed by atoms with Gasteiger partial charge in [0.15, 0.2) is 5.17 Å². The Morgan fingerprint density at radius 1 is 1.00 bits per heavy atom. The molecule has 156 valence electrons.